The van der Waals surface area contributed by atoms with Gasteiger partial charge < -0.3 is 5.11 Å². The standard InChI is InChI=1S/C16H17FO3S/c1-12-9-14(17)7-8-15(12)16(18)11-21(19,20)10-13-5-3-2-4-6-13/h2-9,16,18H,10-11H2,1H3. The summed E-state index contributed by atoms with van der Waals surface area (Å²) in [6.07, 6.45) is -1.15. The minimum atomic E-state index is -3.45. The van der Waals surface area contributed by atoms with Gasteiger partial charge in [0.05, 0.1) is 17.6 Å². The fraction of sp³-hybridized carbons (Fsp3) is 0.250. The summed E-state index contributed by atoms with van der Waals surface area (Å²) in [4.78, 5) is 0. The van der Waals surface area contributed by atoms with E-state index in [2.05, 4.69) is 0 Å². The molecule has 5 heteroatoms. The second-order valence-corrected chi connectivity index (χ2v) is 7.17. The molecule has 3 nitrogen and oxygen atoms in total. The summed E-state index contributed by atoms with van der Waals surface area (Å²) in [7, 11) is -3.45. The molecule has 2 aromatic carbocycles. The third-order valence-corrected chi connectivity index (χ3v) is 4.83. The molecule has 0 fully saturated rings. The largest absolute Gasteiger partial charge is 0.387 e. The van der Waals surface area contributed by atoms with Crippen LogP contribution in [0.5, 0.6) is 0 Å². The van der Waals surface area contributed by atoms with E-state index in [-0.39, 0.29) is 11.5 Å². The van der Waals surface area contributed by atoms with E-state index in [0.29, 0.717) is 16.7 Å². The average molecular weight is 308 g/mol. The molecule has 21 heavy (non-hydrogen) atoms. The minimum Gasteiger partial charge on any atom is -0.387 e. The lowest BCUT2D eigenvalue weighted by molar-refractivity contribution is 0.201. The summed E-state index contributed by atoms with van der Waals surface area (Å²) in [5.74, 6) is -0.907. The maximum absolute atomic E-state index is 13.0. The number of aliphatic hydroxyl groups excluding tert-OH is 1. The summed E-state index contributed by atoms with van der Waals surface area (Å²) in [6, 6.07) is 12.7. The van der Waals surface area contributed by atoms with Crippen LogP contribution in [0.2, 0.25) is 0 Å². The maximum atomic E-state index is 13.0. The summed E-state index contributed by atoms with van der Waals surface area (Å²) >= 11 is 0. The van der Waals surface area contributed by atoms with E-state index in [9.17, 15) is 17.9 Å². The van der Waals surface area contributed by atoms with Crippen molar-refractivity contribution in [1.29, 1.82) is 0 Å². The maximum Gasteiger partial charge on any atom is 0.157 e. The Labute approximate surface area is 124 Å². The highest BCUT2D eigenvalue weighted by Gasteiger charge is 2.20. The number of rotatable bonds is 5. The van der Waals surface area contributed by atoms with E-state index >= 15 is 0 Å². The third kappa shape index (κ3) is 4.37. The van der Waals surface area contributed by atoms with Crippen LogP contribution in [-0.2, 0) is 15.6 Å². The van der Waals surface area contributed by atoms with Crippen molar-refractivity contribution in [2.75, 3.05) is 5.75 Å². The van der Waals surface area contributed by atoms with Crippen LogP contribution >= 0.6 is 0 Å². The first-order chi connectivity index (χ1) is 9.87. The van der Waals surface area contributed by atoms with Crippen molar-refractivity contribution in [1.82, 2.24) is 0 Å². The molecule has 0 aliphatic heterocycles. The lowest BCUT2D eigenvalue weighted by atomic mass is 10.0. The quantitative estimate of drug-likeness (QED) is 0.924. The number of sulfone groups is 1. The normalized spacial score (nSPS) is 13.1. The Hall–Kier alpha value is -1.72. The van der Waals surface area contributed by atoms with Gasteiger partial charge >= 0.3 is 0 Å². The zero-order chi connectivity index (χ0) is 15.5. The molecular weight excluding hydrogens is 291 g/mol. The van der Waals surface area contributed by atoms with Gasteiger partial charge in [-0.25, -0.2) is 12.8 Å². The first kappa shape index (κ1) is 15.7. The highest BCUT2D eigenvalue weighted by atomic mass is 32.2. The van der Waals surface area contributed by atoms with Crippen LogP contribution in [0, 0.1) is 12.7 Å². The van der Waals surface area contributed by atoms with Crippen molar-refractivity contribution in [3.63, 3.8) is 0 Å². The second-order valence-electron chi connectivity index (χ2n) is 5.06. The Bertz CT molecular complexity index is 712. The van der Waals surface area contributed by atoms with Gasteiger partial charge in [-0.1, -0.05) is 36.4 Å². The first-order valence-electron chi connectivity index (χ1n) is 6.56. The number of hydrogen-bond acceptors (Lipinski definition) is 3. The summed E-state index contributed by atoms with van der Waals surface area (Å²) < 4.78 is 37.3. The Morgan fingerprint density at radius 2 is 1.81 bits per heavy atom. The van der Waals surface area contributed by atoms with E-state index in [0.717, 1.165) is 0 Å². The van der Waals surface area contributed by atoms with Gasteiger partial charge in [0.1, 0.15) is 5.82 Å². The van der Waals surface area contributed by atoms with Crippen LogP contribution in [0.25, 0.3) is 0 Å². The molecule has 0 amide bonds. The number of aliphatic hydroxyl groups is 1. The number of halogens is 1. The molecule has 0 aliphatic rings. The monoisotopic (exact) mass is 308 g/mol. The molecule has 0 spiro atoms. The van der Waals surface area contributed by atoms with Gasteiger partial charge in [-0.15, -0.1) is 0 Å². The highest BCUT2D eigenvalue weighted by Crippen LogP contribution is 2.21. The van der Waals surface area contributed by atoms with E-state index in [1.807, 2.05) is 6.07 Å². The van der Waals surface area contributed by atoms with Crippen molar-refractivity contribution < 1.29 is 17.9 Å². The van der Waals surface area contributed by atoms with Crippen LogP contribution in [0.15, 0.2) is 48.5 Å². The Morgan fingerprint density at radius 3 is 2.43 bits per heavy atom. The summed E-state index contributed by atoms with van der Waals surface area (Å²) in [5, 5.41) is 10.1. The summed E-state index contributed by atoms with van der Waals surface area (Å²) in [5.41, 5.74) is 1.66. The van der Waals surface area contributed by atoms with Crippen LogP contribution in [0.3, 0.4) is 0 Å². The molecule has 0 heterocycles. The van der Waals surface area contributed by atoms with Gasteiger partial charge in [-0.3, -0.25) is 0 Å². The molecule has 0 radical (unpaired) electrons. The molecule has 112 valence electrons. The predicted octanol–water partition coefficient (Wildman–Crippen LogP) is 2.78. The molecule has 0 bridgehead atoms. The lowest BCUT2D eigenvalue weighted by Crippen LogP contribution is -2.17. The average Bonchev–Trinajstić information content (AvgIpc) is 2.38. The zero-order valence-electron chi connectivity index (χ0n) is 11.7. The van der Waals surface area contributed by atoms with Gasteiger partial charge in [-0.2, -0.15) is 0 Å². The molecular formula is C16H17FO3S. The minimum absolute atomic E-state index is 0.120. The van der Waals surface area contributed by atoms with Gasteiger partial charge in [0.15, 0.2) is 9.84 Å². The van der Waals surface area contributed by atoms with Crippen LogP contribution < -0.4 is 0 Å². The molecule has 1 N–H and O–H groups in total. The number of benzene rings is 2. The van der Waals surface area contributed by atoms with Gasteiger partial charge in [0.25, 0.3) is 0 Å². The molecule has 0 aliphatic carbocycles. The number of hydrogen-bond donors (Lipinski definition) is 1. The van der Waals surface area contributed by atoms with Gasteiger partial charge in [0.2, 0.25) is 0 Å². The van der Waals surface area contributed by atoms with Gasteiger partial charge in [-0.05, 0) is 35.7 Å². The lowest BCUT2D eigenvalue weighted by Gasteiger charge is -2.14. The van der Waals surface area contributed by atoms with Crippen molar-refractivity contribution in [3.05, 3.63) is 71.0 Å². The summed E-state index contributed by atoms with van der Waals surface area (Å²) in [6.45, 7) is 1.64. The molecule has 1 atom stereocenters. The predicted molar refractivity (Wildman–Crippen MR) is 80.0 cm³/mol. The molecule has 2 rings (SSSR count). The third-order valence-electron chi connectivity index (χ3n) is 3.23. The van der Waals surface area contributed by atoms with Gasteiger partial charge in [0, 0.05) is 0 Å². The van der Waals surface area contributed by atoms with E-state index < -0.39 is 21.8 Å². The molecule has 0 saturated carbocycles. The molecule has 2 aromatic rings. The fourth-order valence-electron chi connectivity index (χ4n) is 2.23. The van der Waals surface area contributed by atoms with Crippen LogP contribution in [-0.4, -0.2) is 19.3 Å². The van der Waals surface area contributed by atoms with Crippen molar-refractivity contribution >= 4 is 9.84 Å². The topological polar surface area (TPSA) is 54.4 Å². The second kappa shape index (κ2) is 6.37. The molecule has 0 aromatic heterocycles. The number of aryl methyl sites for hydroxylation is 1. The fourth-order valence-corrected chi connectivity index (χ4v) is 3.71. The zero-order valence-corrected chi connectivity index (χ0v) is 12.5. The van der Waals surface area contributed by atoms with Crippen LogP contribution in [0.1, 0.15) is 22.8 Å². The van der Waals surface area contributed by atoms with Crippen molar-refractivity contribution in [2.24, 2.45) is 0 Å². The van der Waals surface area contributed by atoms with E-state index in [4.69, 9.17) is 0 Å². The Morgan fingerprint density at radius 1 is 1.14 bits per heavy atom. The Kier molecular flexibility index (Phi) is 4.75. The molecule has 1 unspecified atom stereocenters. The van der Waals surface area contributed by atoms with Crippen molar-refractivity contribution in [2.45, 2.75) is 18.8 Å². The first-order valence-corrected chi connectivity index (χ1v) is 8.38. The van der Waals surface area contributed by atoms with E-state index in [1.54, 1.807) is 31.2 Å². The van der Waals surface area contributed by atoms with Crippen LogP contribution in [0.4, 0.5) is 4.39 Å². The van der Waals surface area contributed by atoms with Crippen molar-refractivity contribution in [3.8, 4) is 0 Å². The highest BCUT2D eigenvalue weighted by molar-refractivity contribution is 7.90. The van der Waals surface area contributed by atoms with E-state index in [1.165, 1.54) is 18.2 Å². The molecule has 0 saturated heterocycles. The SMILES string of the molecule is Cc1cc(F)ccc1C(O)CS(=O)(=O)Cc1ccccc1. The smallest absolute Gasteiger partial charge is 0.157 e. The Balaban J connectivity index is 2.12.